The van der Waals surface area contributed by atoms with Gasteiger partial charge >= 0.3 is 0 Å². The third kappa shape index (κ3) is 4.18. The van der Waals surface area contributed by atoms with Gasteiger partial charge in [0.2, 0.25) is 0 Å². The first-order valence-corrected chi connectivity index (χ1v) is 7.25. The molecule has 0 atom stereocenters. The Kier molecular flexibility index (Phi) is 5.77. The molecule has 0 aliphatic rings. The number of rotatable bonds is 8. The molecule has 1 N–H and O–H groups in total. The molecule has 2 rings (SSSR count). The normalized spacial score (nSPS) is 11.2. The fourth-order valence-electron chi connectivity index (χ4n) is 2.27. The highest BCUT2D eigenvalue weighted by Crippen LogP contribution is 2.12. The van der Waals surface area contributed by atoms with Gasteiger partial charge in [-0.15, -0.1) is 0 Å². The Bertz CT molecular complexity index is 496. The van der Waals surface area contributed by atoms with Crippen LogP contribution in [0.2, 0.25) is 0 Å². The van der Waals surface area contributed by atoms with E-state index in [1.807, 2.05) is 16.9 Å². The maximum Gasteiger partial charge on any atom is 0.0648 e. The van der Waals surface area contributed by atoms with E-state index in [1.54, 1.807) is 6.20 Å². The lowest BCUT2D eigenvalue weighted by molar-refractivity contribution is 0.188. The standard InChI is InChI=1S/C16H23N3O/c1-2-3-9-18(11-12-20)14-15-6-4-7-16(13-15)19-10-5-8-17-19/h4-8,10,13,20H,2-3,9,11-12,14H2,1H3. The summed E-state index contributed by atoms with van der Waals surface area (Å²) >= 11 is 0. The van der Waals surface area contributed by atoms with E-state index in [1.165, 1.54) is 18.4 Å². The molecule has 0 saturated carbocycles. The number of nitrogens with zero attached hydrogens (tertiary/aromatic N) is 3. The van der Waals surface area contributed by atoms with Gasteiger partial charge in [-0.05, 0) is 36.7 Å². The number of aromatic nitrogens is 2. The number of benzene rings is 1. The summed E-state index contributed by atoms with van der Waals surface area (Å²) in [5.74, 6) is 0. The van der Waals surface area contributed by atoms with E-state index >= 15 is 0 Å². The molecule has 108 valence electrons. The Morgan fingerprint density at radius 3 is 2.85 bits per heavy atom. The topological polar surface area (TPSA) is 41.3 Å². The van der Waals surface area contributed by atoms with Crippen molar-refractivity contribution in [1.82, 2.24) is 14.7 Å². The van der Waals surface area contributed by atoms with Crippen molar-refractivity contribution in [2.24, 2.45) is 0 Å². The fourth-order valence-corrected chi connectivity index (χ4v) is 2.27. The van der Waals surface area contributed by atoms with Crippen LogP contribution in [-0.4, -0.2) is 39.5 Å². The molecule has 0 amide bonds. The highest BCUT2D eigenvalue weighted by molar-refractivity contribution is 5.34. The summed E-state index contributed by atoms with van der Waals surface area (Å²) in [5.41, 5.74) is 2.33. The minimum atomic E-state index is 0.211. The van der Waals surface area contributed by atoms with Crippen LogP contribution in [0.5, 0.6) is 0 Å². The van der Waals surface area contributed by atoms with Crippen molar-refractivity contribution < 1.29 is 5.11 Å². The van der Waals surface area contributed by atoms with E-state index in [4.69, 9.17) is 5.11 Å². The minimum absolute atomic E-state index is 0.211. The zero-order chi connectivity index (χ0) is 14.2. The first kappa shape index (κ1) is 14.8. The predicted molar refractivity (Wildman–Crippen MR) is 80.8 cm³/mol. The molecule has 4 nitrogen and oxygen atoms in total. The first-order valence-electron chi connectivity index (χ1n) is 7.25. The zero-order valence-electron chi connectivity index (χ0n) is 12.1. The molecule has 0 bridgehead atoms. The van der Waals surface area contributed by atoms with E-state index in [0.29, 0.717) is 0 Å². The number of aliphatic hydroxyl groups excluding tert-OH is 1. The molecule has 1 aromatic heterocycles. The van der Waals surface area contributed by atoms with Crippen LogP contribution in [0, 0.1) is 0 Å². The minimum Gasteiger partial charge on any atom is -0.395 e. The second-order valence-corrected chi connectivity index (χ2v) is 4.97. The lowest BCUT2D eigenvalue weighted by Gasteiger charge is -2.21. The van der Waals surface area contributed by atoms with Crippen LogP contribution in [0.4, 0.5) is 0 Å². The van der Waals surface area contributed by atoms with Crippen LogP contribution in [0.1, 0.15) is 25.3 Å². The maximum atomic E-state index is 9.16. The van der Waals surface area contributed by atoms with Gasteiger partial charge in [0, 0.05) is 25.5 Å². The summed E-state index contributed by atoms with van der Waals surface area (Å²) in [6.45, 7) is 5.03. The van der Waals surface area contributed by atoms with E-state index in [0.717, 1.165) is 25.3 Å². The second kappa shape index (κ2) is 7.82. The van der Waals surface area contributed by atoms with Gasteiger partial charge in [-0.25, -0.2) is 4.68 Å². The third-order valence-electron chi connectivity index (χ3n) is 3.33. The van der Waals surface area contributed by atoms with Gasteiger partial charge in [0.05, 0.1) is 12.3 Å². The van der Waals surface area contributed by atoms with Crippen molar-refractivity contribution in [3.8, 4) is 5.69 Å². The number of hydrogen-bond acceptors (Lipinski definition) is 3. The van der Waals surface area contributed by atoms with Crippen molar-refractivity contribution in [3.05, 3.63) is 48.3 Å². The molecule has 0 fully saturated rings. The van der Waals surface area contributed by atoms with Gasteiger partial charge in [0.1, 0.15) is 0 Å². The largest absolute Gasteiger partial charge is 0.395 e. The molecular formula is C16H23N3O. The Morgan fingerprint density at radius 2 is 2.15 bits per heavy atom. The SMILES string of the molecule is CCCCN(CCO)Cc1cccc(-n2cccn2)c1. The highest BCUT2D eigenvalue weighted by atomic mass is 16.3. The van der Waals surface area contributed by atoms with E-state index < -0.39 is 0 Å². The quantitative estimate of drug-likeness (QED) is 0.803. The van der Waals surface area contributed by atoms with E-state index in [9.17, 15) is 0 Å². The molecular weight excluding hydrogens is 250 g/mol. The monoisotopic (exact) mass is 273 g/mol. The molecule has 0 unspecified atom stereocenters. The summed E-state index contributed by atoms with van der Waals surface area (Å²) in [7, 11) is 0. The maximum absolute atomic E-state index is 9.16. The van der Waals surface area contributed by atoms with Gasteiger partial charge < -0.3 is 5.11 Å². The van der Waals surface area contributed by atoms with Gasteiger partial charge in [-0.3, -0.25) is 4.90 Å². The first-order chi connectivity index (χ1) is 9.83. The van der Waals surface area contributed by atoms with Crippen molar-refractivity contribution in [2.75, 3.05) is 19.7 Å². The Hall–Kier alpha value is -1.65. The lowest BCUT2D eigenvalue weighted by atomic mass is 10.2. The highest BCUT2D eigenvalue weighted by Gasteiger charge is 2.06. The average Bonchev–Trinajstić information content (AvgIpc) is 2.99. The van der Waals surface area contributed by atoms with Crippen molar-refractivity contribution >= 4 is 0 Å². The summed E-state index contributed by atoms with van der Waals surface area (Å²) in [6, 6.07) is 10.3. The van der Waals surface area contributed by atoms with Gasteiger partial charge in [0.15, 0.2) is 0 Å². The second-order valence-electron chi connectivity index (χ2n) is 4.97. The molecule has 0 spiro atoms. The fraction of sp³-hybridized carbons (Fsp3) is 0.438. The van der Waals surface area contributed by atoms with E-state index in [2.05, 4.69) is 41.2 Å². The summed E-state index contributed by atoms with van der Waals surface area (Å²) in [4.78, 5) is 2.30. The van der Waals surface area contributed by atoms with Crippen LogP contribution in [-0.2, 0) is 6.54 Å². The average molecular weight is 273 g/mol. The van der Waals surface area contributed by atoms with Crippen molar-refractivity contribution in [3.63, 3.8) is 0 Å². The van der Waals surface area contributed by atoms with Crippen LogP contribution < -0.4 is 0 Å². The Morgan fingerprint density at radius 1 is 1.25 bits per heavy atom. The predicted octanol–water partition coefficient (Wildman–Crippen LogP) is 2.47. The van der Waals surface area contributed by atoms with Crippen LogP contribution >= 0.6 is 0 Å². The summed E-state index contributed by atoms with van der Waals surface area (Å²) < 4.78 is 1.87. The number of aliphatic hydroxyl groups is 1. The van der Waals surface area contributed by atoms with Crippen molar-refractivity contribution in [1.29, 1.82) is 0 Å². The third-order valence-corrected chi connectivity index (χ3v) is 3.33. The number of hydrogen-bond donors (Lipinski definition) is 1. The molecule has 20 heavy (non-hydrogen) atoms. The van der Waals surface area contributed by atoms with Gasteiger partial charge in [0.25, 0.3) is 0 Å². The van der Waals surface area contributed by atoms with Gasteiger partial charge in [-0.1, -0.05) is 25.5 Å². The Balaban J connectivity index is 2.05. The van der Waals surface area contributed by atoms with Crippen LogP contribution in [0.25, 0.3) is 5.69 Å². The molecule has 1 aromatic carbocycles. The summed E-state index contributed by atoms with van der Waals surface area (Å²) in [6.07, 6.45) is 6.07. The number of unbranched alkanes of at least 4 members (excludes halogenated alkanes) is 1. The molecule has 0 aliphatic carbocycles. The molecule has 4 heteroatoms. The molecule has 0 aliphatic heterocycles. The van der Waals surface area contributed by atoms with Crippen LogP contribution in [0.3, 0.4) is 0 Å². The Labute approximate surface area is 120 Å². The van der Waals surface area contributed by atoms with Crippen molar-refractivity contribution in [2.45, 2.75) is 26.3 Å². The van der Waals surface area contributed by atoms with Gasteiger partial charge in [-0.2, -0.15) is 5.10 Å². The van der Waals surface area contributed by atoms with E-state index in [-0.39, 0.29) is 6.61 Å². The zero-order valence-corrected chi connectivity index (χ0v) is 12.1. The van der Waals surface area contributed by atoms with Crippen LogP contribution in [0.15, 0.2) is 42.7 Å². The molecule has 0 radical (unpaired) electrons. The lowest BCUT2D eigenvalue weighted by Crippen LogP contribution is -2.27. The smallest absolute Gasteiger partial charge is 0.0648 e. The molecule has 0 saturated heterocycles. The molecule has 2 aromatic rings. The summed E-state index contributed by atoms with van der Waals surface area (Å²) in [5, 5.41) is 13.4. The molecule has 1 heterocycles.